The molecular formula is C17H14FNO2. The Morgan fingerprint density at radius 3 is 2.81 bits per heavy atom. The number of Topliss-reactive ketones (excluding diaryl/α,β-unsaturated/α-hetero) is 1. The summed E-state index contributed by atoms with van der Waals surface area (Å²) in [6, 6.07) is 11.7. The molecule has 0 unspecified atom stereocenters. The third-order valence-electron chi connectivity index (χ3n) is 3.44. The third-order valence-corrected chi connectivity index (χ3v) is 3.44. The molecule has 0 amide bonds. The Balaban J connectivity index is 1.98. The first-order chi connectivity index (χ1) is 10.2. The zero-order chi connectivity index (χ0) is 14.8. The van der Waals surface area contributed by atoms with Gasteiger partial charge in [0.1, 0.15) is 11.6 Å². The minimum atomic E-state index is -0.336. The van der Waals surface area contributed by atoms with Crippen LogP contribution in [-0.4, -0.2) is 17.9 Å². The van der Waals surface area contributed by atoms with Crippen LogP contribution < -0.4 is 4.74 Å². The summed E-state index contributed by atoms with van der Waals surface area (Å²) < 4.78 is 18.5. The normalized spacial score (nSPS) is 10.8. The summed E-state index contributed by atoms with van der Waals surface area (Å²) in [5.41, 5.74) is 2.06. The molecule has 0 spiro atoms. The lowest BCUT2D eigenvalue weighted by Gasteiger charge is -2.05. The molecule has 0 bridgehead atoms. The van der Waals surface area contributed by atoms with E-state index >= 15 is 0 Å². The second-order valence-electron chi connectivity index (χ2n) is 4.82. The van der Waals surface area contributed by atoms with Crippen LogP contribution in [0.25, 0.3) is 10.9 Å². The lowest BCUT2D eigenvalue weighted by atomic mass is 10.0. The molecule has 0 aliphatic heterocycles. The maximum atomic E-state index is 13.2. The van der Waals surface area contributed by atoms with Crippen molar-refractivity contribution < 1.29 is 13.9 Å². The molecule has 0 saturated heterocycles. The van der Waals surface area contributed by atoms with E-state index in [9.17, 15) is 9.18 Å². The summed E-state index contributed by atoms with van der Waals surface area (Å²) in [5.74, 6) is 0.240. The van der Waals surface area contributed by atoms with Gasteiger partial charge in [0.05, 0.1) is 12.5 Å². The summed E-state index contributed by atoms with van der Waals surface area (Å²) in [5, 5.41) is 0.765. The number of ether oxygens (including phenoxy) is 1. The molecule has 1 aromatic heterocycles. The Hall–Kier alpha value is -2.62. The molecule has 0 fully saturated rings. The summed E-state index contributed by atoms with van der Waals surface area (Å²) in [6.45, 7) is 0. The van der Waals surface area contributed by atoms with E-state index in [1.807, 2.05) is 18.2 Å². The highest BCUT2D eigenvalue weighted by atomic mass is 19.1. The van der Waals surface area contributed by atoms with Gasteiger partial charge in [-0.2, -0.15) is 0 Å². The number of aromatic amines is 1. The predicted octanol–water partition coefficient (Wildman–Crippen LogP) is 3.74. The maximum absolute atomic E-state index is 13.2. The summed E-state index contributed by atoms with van der Waals surface area (Å²) in [4.78, 5) is 15.5. The molecule has 21 heavy (non-hydrogen) atoms. The summed E-state index contributed by atoms with van der Waals surface area (Å²) >= 11 is 0. The molecule has 4 heteroatoms. The number of H-pyrrole nitrogens is 1. The molecule has 0 aliphatic carbocycles. The molecule has 3 aromatic rings. The van der Waals surface area contributed by atoms with Crippen LogP contribution in [0.15, 0.2) is 48.7 Å². The molecule has 1 N–H and O–H groups in total. The number of hydrogen-bond acceptors (Lipinski definition) is 2. The van der Waals surface area contributed by atoms with Crippen LogP contribution in [0.4, 0.5) is 4.39 Å². The lowest BCUT2D eigenvalue weighted by molar-refractivity contribution is 0.0994. The molecule has 0 aliphatic rings. The fourth-order valence-electron chi connectivity index (χ4n) is 2.47. The standard InChI is InChI=1S/C17H14FNO2/c1-21-16-7-3-6-14-17(16)13(10-19-14)15(20)9-11-4-2-5-12(18)8-11/h2-8,10,19H,9H2,1H3. The average Bonchev–Trinajstić information content (AvgIpc) is 2.91. The summed E-state index contributed by atoms with van der Waals surface area (Å²) in [7, 11) is 1.57. The van der Waals surface area contributed by atoms with Gasteiger partial charge < -0.3 is 9.72 Å². The number of ketones is 1. The zero-order valence-electron chi connectivity index (χ0n) is 11.5. The predicted molar refractivity (Wildman–Crippen MR) is 79.3 cm³/mol. The smallest absolute Gasteiger partial charge is 0.169 e. The Morgan fingerprint density at radius 2 is 2.05 bits per heavy atom. The highest BCUT2D eigenvalue weighted by molar-refractivity contribution is 6.10. The first kappa shape index (κ1) is 13.4. The number of benzene rings is 2. The van der Waals surface area contributed by atoms with E-state index in [1.54, 1.807) is 25.4 Å². The molecule has 0 saturated carbocycles. The topological polar surface area (TPSA) is 42.1 Å². The van der Waals surface area contributed by atoms with Gasteiger partial charge >= 0.3 is 0 Å². The van der Waals surface area contributed by atoms with Crippen molar-refractivity contribution in [1.82, 2.24) is 4.98 Å². The second kappa shape index (κ2) is 5.40. The molecular weight excluding hydrogens is 269 g/mol. The van der Waals surface area contributed by atoms with E-state index in [2.05, 4.69) is 4.98 Å². The fourth-order valence-corrected chi connectivity index (χ4v) is 2.47. The largest absolute Gasteiger partial charge is 0.496 e. The van der Waals surface area contributed by atoms with Gasteiger partial charge in [0.15, 0.2) is 5.78 Å². The van der Waals surface area contributed by atoms with Crippen LogP contribution in [0, 0.1) is 5.82 Å². The molecule has 2 aromatic carbocycles. The van der Waals surface area contributed by atoms with Crippen molar-refractivity contribution in [2.24, 2.45) is 0 Å². The number of aromatic nitrogens is 1. The highest BCUT2D eigenvalue weighted by Crippen LogP contribution is 2.29. The van der Waals surface area contributed by atoms with Crippen LogP contribution in [0.3, 0.4) is 0 Å². The van der Waals surface area contributed by atoms with Gasteiger partial charge in [-0.1, -0.05) is 18.2 Å². The highest BCUT2D eigenvalue weighted by Gasteiger charge is 2.16. The van der Waals surface area contributed by atoms with Crippen molar-refractivity contribution in [2.45, 2.75) is 6.42 Å². The van der Waals surface area contributed by atoms with Crippen molar-refractivity contribution >= 4 is 16.7 Å². The monoisotopic (exact) mass is 283 g/mol. The number of hydrogen-bond donors (Lipinski definition) is 1. The Kier molecular flexibility index (Phi) is 3.44. The van der Waals surface area contributed by atoms with Crippen LogP contribution in [0.2, 0.25) is 0 Å². The van der Waals surface area contributed by atoms with Crippen molar-refractivity contribution in [3.8, 4) is 5.75 Å². The third kappa shape index (κ3) is 2.52. The Morgan fingerprint density at radius 1 is 1.24 bits per heavy atom. The zero-order valence-corrected chi connectivity index (χ0v) is 11.5. The van der Waals surface area contributed by atoms with E-state index in [1.165, 1.54) is 12.1 Å². The van der Waals surface area contributed by atoms with E-state index in [4.69, 9.17) is 4.74 Å². The molecule has 106 valence electrons. The average molecular weight is 283 g/mol. The van der Waals surface area contributed by atoms with Crippen LogP contribution >= 0.6 is 0 Å². The fraction of sp³-hybridized carbons (Fsp3) is 0.118. The minimum Gasteiger partial charge on any atom is -0.496 e. The Labute approximate surface area is 121 Å². The number of carbonyl (C=O) groups excluding carboxylic acids is 1. The second-order valence-corrected chi connectivity index (χ2v) is 4.82. The van der Waals surface area contributed by atoms with Gasteiger partial charge in [0.25, 0.3) is 0 Å². The number of rotatable bonds is 4. The first-order valence-corrected chi connectivity index (χ1v) is 6.61. The van der Waals surface area contributed by atoms with Gasteiger partial charge in [-0.05, 0) is 29.8 Å². The summed E-state index contributed by atoms with van der Waals surface area (Å²) in [6.07, 6.45) is 1.83. The maximum Gasteiger partial charge on any atom is 0.169 e. The quantitative estimate of drug-likeness (QED) is 0.741. The van der Waals surface area contributed by atoms with Gasteiger partial charge in [0, 0.05) is 23.7 Å². The van der Waals surface area contributed by atoms with Crippen LogP contribution in [0.5, 0.6) is 5.75 Å². The van der Waals surface area contributed by atoms with E-state index < -0.39 is 0 Å². The van der Waals surface area contributed by atoms with Crippen molar-refractivity contribution in [1.29, 1.82) is 0 Å². The Bertz CT molecular complexity index is 807. The SMILES string of the molecule is COc1cccc2[nH]cc(C(=O)Cc3cccc(F)c3)c12. The van der Waals surface area contributed by atoms with Crippen molar-refractivity contribution in [2.75, 3.05) is 7.11 Å². The van der Waals surface area contributed by atoms with Gasteiger partial charge in [-0.3, -0.25) is 4.79 Å². The minimum absolute atomic E-state index is 0.0728. The molecule has 0 radical (unpaired) electrons. The van der Waals surface area contributed by atoms with Crippen molar-refractivity contribution in [3.63, 3.8) is 0 Å². The van der Waals surface area contributed by atoms with Crippen LogP contribution in [0.1, 0.15) is 15.9 Å². The van der Waals surface area contributed by atoms with Gasteiger partial charge in [-0.25, -0.2) is 4.39 Å². The first-order valence-electron chi connectivity index (χ1n) is 6.61. The van der Waals surface area contributed by atoms with Gasteiger partial charge in [-0.15, -0.1) is 0 Å². The van der Waals surface area contributed by atoms with Crippen LogP contribution in [-0.2, 0) is 6.42 Å². The molecule has 0 atom stereocenters. The van der Waals surface area contributed by atoms with E-state index in [-0.39, 0.29) is 18.0 Å². The number of nitrogens with one attached hydrogen (secondary N) is 1. The number of fused-ring (bicyclic) bond motifs is 1. The lowest BCUT2D eigenvalue weighted by Crippen LogP contribution is -2.03. The van der Waals surface area contributed by atoms with Crippen molar-refractivity contribution in [3.05, 3.63) is 65.6 Å². The van der Waals surface area contributed by atoms with E-state index in [0.717, 1.165) is 10.9 Å². The molecule has 1 heterocycles. The number of carbonyl (C=O) groups is 1. The van der Waals surface area contributed by atoms with E-state index in [0.29, 0.717) is 16.9 Å². The molecule has 3 nitrogen and oxygen atoms in total. The number of methoxy groups -OCH3 is 1. The van der Waals surface area contributed by atoms with Gasteiger partial charge in [0.2, 0.25) is 0 Å². The number of halogens is 1. The molecule has 3 rings (SSSR count).